The lowest BCUT2D eigenvalue weighted by Crippen LogP contribution is -2.27. The smallest absolute Gasteiger partial charge is 0.175 e. The molecular formula is C25H35NO2. The Bertz CT molecular complexity index is 842. The Kier molecular flexibility index (Phi) is 6.59. The fourth-order valence-corrected chi connectivity index (χ4v) is 3.68. The van der Waals surface area contributed by atoms with Crippen molar-refractivity contribution in [3.8, 4) is 5.75 Å². The van der Waals surface area contributed by atoms with E-state index in [1.807, 2.05) is 39.8 Å². The van der Waals surface area contributed by atoms with Gasteiger partial charge in [-0.25, -0.2) is 0 Å². The van der Waals surface area contributed by atoms with Gasteiger partial charge in [0, 0.05) is 16.5 Å². The van der Waals surface area contributed by atoms with Crippen molar-refractivity contribution < 1.29 is 9.53 Å². The van der Waals surface area contributed by atoms with E-state index in [0.717, 1.165) is 35.4 Å². The van der Waals surface area contributed by atoms with E-state index in [2.05, 4.69) is 45.0 Å². The summed E-state index contributed by atoms with van der Waals surface area (Å²) in [6.45, 7) is 14.4. The number of Topliss-reactive ketones (excluding diaryl/α,β-unsaturated/α-hetero) is 1. The summed E-state index contributed by atoms with van der Waals surface area (Å²) in [6.07, 6.45) is 1.99. The number of carbonyl (C=O) groups is 1. The lowest BCUT2D eigenvalue weighted by Gasteiger charge is -2.34. The third-order valence-corrected chi connectivity index (χ3v) is 5.95. The first-order valence-corrected chi connectivity index (χ1v) is 10.2. The van der Waals surface area contributed by atoms with E-state index < -0.39 is 0 Å². The van der Waals surface area contributed by atoms with E-state index in [0.29, 0.717) is 0 Å². The molecule has 0 amide bonds. The number of benzene rings is 2. The van der Waals surface area contributed by atoms with Gasteiger partial charge in [-0.1, -0.05) is 58.9 Å². The molecule has 3 heteroatoms. The Morgan fingerprint density at radius 3 is 1.93 bits per heavy atom. The first-order valence-electron chi connectivity index (χ1n) is 10.2. The number of hydrogen-bond acceptors (Lipinski definition) is 3. The molecule has 0 fully saturated rings. The van der Waals surface area contributed by atoms with Gasteiger partial charge in [-0.05, 0) is 61.1 Å². The Morgan fingerprint density at radius 2 is 1.46 bits per heavy atom. The van der Waals surface area contributed by atoms with Crippen LogP contribution in [-0.2, 0) is 10.2 Å². The highest BCUT2D eigenvalue weighted by Gasteiger charge is 2.31. The van der Waals surface area contributed by atoms with Crippen molar-refractivity contribution in [1.82, 2.24) is 0 Å². The van der Waals surface area contributed by atoms with Gasteiger partial charge in [0.1, 0.15) is 12.4 Å². The van der Waals surface area contributed by atoms with E-state index in [4.69, 9.17) is 10.5 Å². The number of nitrogen functional groups attached to an aromatic ring is 1. The Labute approximate surface area is 170 Å². The number of ketones is 1. The molecule has 0 saturated carbocycles. The van der Waals surface area contributed by atoms with Crippen molar-refractivity contribution >= 4 is 11.5 Å². The number of carbonyl (C=O) groups excluding carboxylic acids is 1. The van der Waals surface area contributed by atoms with Crippen molar-refractivity contribution in [3.63, 3.8) is 0 Å². The van der Waals surface area contributed by atoms with Gasteiger partial charge < -0.3 is 10.5 Å². The molecule has 28 heavy (non-hydrogen) atoms. The molecule has 0 unspecified atom stereocenters. The van der Waals surface area contributed by atoms with E-state index in [1.54, 1.807) is 0 Å². The molecule has 2 N–H and O–H groups in total. The normalized spacial score (nSPS) is 12.1. The average molecular weight is 382 g/mol. The van der Waals surface area contributed by atoms with Gasteiger partial charge in [0.2, 0.25) is 0 Å². The topological polar surface area (TPSA) is 52.3 Å². The van der Waals surface area contributed by atoms with Gasteiger partial charge in [0.05, 0.1) is 0 Å². The summed E-state index contributed by atoms with van der Waals surface area (Å²) in [5, 5.41) is 0. The molecule has 0 aliphatic carbocycles. The molecule has 0 saturated heterocycles. The number of rotatable bonds is 7. The predicted molar refractivity (Wildman–Crippen MR) is 118 cm³/mol. The minimum atomic E-state index is -0.388. The van der Waals surface area contributed by atoms with Crippen molar-refractivity contribution in [1.29, 1.82) is 0 Å². The van der Waals surface area contributed by atoms with Crippen LogP contribution in [0.15, 0.2) is 36.4 Å². The fourth-order valence-electron chi connectivity index (χ4n) is 3.68. The fraction of sp³-hybridized carbons (Fsp3) is 0.480. The summed E-state index contributed by atoms with van der Waals surface area (Å²) in [4.78, 5) is 12.2. The molecule has 2 rings (SSSR count). The summed E-state index contributed by atoms with van der Waals surface area (Å²) in [5.74, 6) is 0.876. The van der Waals surface area contributed by atoms with Gasteiger partial charge in [-0.2, -0.15) is 0 Å². The standard InChI is InChI=1S/C25H35NO2/c1-8-25(9-2,19-10-12-21(26)17(3)14-19)20-11-13-22(18(4)15-20)28-16-23(27)24(5,6)7/h10-15H,8-9,16,26H2,1-7H3. The third kappa shape index (κ3) is 4.40. The molecule has 3 nitrogen and oxygen atoms in total. The second-order valence-electron chi connectivity index (χ2n) is 8.80. The Balaban J connectivity index is 2.37. The number of nitrogens with two attached hydrogens (primary N) is 1. The van der Waals surface area contributed by atoms with E-state index in [9.17, 15) is 4.79 Å². The lowest BCUT2D eigenvalue weighted by atomic mass is 9.70. The molecular weight excluding hydrogens is 346 g/mol. The first-order chi connectivity index (χ1) is 13.0. The zero-order valence-corrected chi connectivity index (χ0v) is 18.5. The molecule has 0 aliphatic heterocycles. The van der Waals surface area contributed by atoms with Crippen molar-refractivity contribution in [2.75, 3.05) is 12.3 Å². The summed E-state index contributed by atoms with van der Waals surface area (Å²) >= 11 is 0. The molecule has 152 valence electrons. The quantitative estimate of drug-likeness (QED) is 0.600. The maximum atomic E-state index is 12.2. The maximum Gasteiger partial charge on any atom is 0.175 e. The molecule has 0 spiro atoms. The van der Waals surface area contributed by atoms with Crippen LogP contribution in [0.4, 0.5) is 5.69 Å². The average Bonchev–Trinajstić information content (AvgIpc) is 2.64. The van der Waals surface area contributed by atoms with Crippen molar-refractivity contribution in [3.05, 3.63) is 58.7 Å². The molecule has 2 aromatic rings. The monoisotopic (exact) mass is 381 g/mol. The zero-order valence-electron chi connectivity index (χ0n) is 18.5. The SMILES string of the molecule is CCC(CC)(c1ccc(N)c(C)c1)c1ccc(OCC(=O)C(C)(C)C)c(C)c1. The summed E-state index contributed by atoms with van der Waals surface area (Å²) in [7, 11) is 0. The molecule has 2 aromatic carbocycles. The van der Waals surface area contributed by atoms with Gasteiger partial charge in [-0.15, -0.1) is 0 Å². The van der Waals surface area contributed by atoms with E-state index in [1.165, 1.54) is 11.1 Å². The van der Waals surface area contributed by atoms with Crippen LogP contribution in [0.5, 0.6) is 5.75 Å². The number of aryl methyl sites for hydroxylation is 2. The summed E-state index contributed by atoms with van der Waals surface area (Å²) in [6, 6.07) is 12.7. The van der Waals surface area contributed by atoms with Crippen LogP contribution < -0.4 is 10.5 Å². The second kappa shape index (κ2) is 8.38. The number of anilines is 1. The summed E-state index contributed by atoms with van der Waals surface area (Å²) < 4.78 is 5.83. The molecule has 0 radical (unpaired) electrons. The van der Waals surface area contributed by atoms with Crippen LogP contribution in [0, 0.1) is 19.3 Å². The van der Waals surface area contributed by atoms with Gasteiger partial charge in [-0.3, -0.25) is 4.79 Å². The lowest BCUT2D eigenvalue weighted by molar-refractivity contribution is -0.128. The second-order valence-corrected chi connectivity index (χ2v) is 8.80. The van der Waals surface area contributed by atoms with Gasteiger partial charge in [0.25, 0.3) is 0 Å². The minimum absolute atomic E-state index is 0.0665. The molecule has 0 bridgehead atoms. The van der Waals surface area contributed by atoms with Crippen molar-refractivity contribution in [2.24, 2.45) is 5.41 Å². The number of ether oxygens (including phenoxy) is 1. The first kappa shape index (κ1) is 22.0. The predicted octanol–water partition coefficient (Wildman–Crippen LogP) is 5.99. The van der Waals surface area contributed by atoms with E-state index in [-0.39, 0.29) is 23.2 Å². The van der Waals surface area contributed by atoms with Crippen LogP contribution in [0.25, 0.3) is 0 Å². The highest BCUT2D eigenvalue weighted by molar-refractivity contribution is 5.85. The molecule has 0 heterocycles. The van der Waals surface area contributed by atoms with Gasteiger partial charge in [0.15, 0.2) is 5.78 Å². The highest BCUT2D eigenvalue weighted by atomic mass is 16.5. The highest BCUT2D eigenvalue weighted by Crippen LogP contribution is 2.41. The van der Waals surface area contributed by atoms with Crippen LogP contribution in [-0.4, -0.2) is 12.4 Å². The minimum Gasteiger partial charge on any atom is -0.486 e. The van der Waals surface area contributed by atoms with Crippen LogP contribution in [0.3, 0.4) is 0 Å². The van der Waals surface area contributed by atoms with Crippen LogP contribution >= 0.6 is 0 Å². The van der Waals surface area contributed by atoms with E-state index >= 15 is 0 Å². The summed E-state index contributed by atoms with van der Waals surface area (Å²) in [5.41, 5.74) is 11.1. The zero-order chi connectivity index (χ0) is 21.1. The van der Waals surface area contributed by atoms with Crippen LogP contribution in [0.2, 0.25) is 0 Å². The molecule has 0 aliphatic rings. The molecule has 0 aromatic heterocycles. The van der Waals surface area contributed by atoms with Crippen molar-refractivity contribution in [2.45, 2.75) is 66.7 Å². The number of hydrogen-bond donors (Lipinski definition) is 1. The maximum absolute atomic E-state index is 12.2. The largest absolute Gasteiger partial charge is 0.486 e. The van der Waals surface area contributed by atoms with Gasteiger partial charge >= 0.3 is 0 Å². The third-order valence-electron chi connectivity index (χ3n) is 5.95. The Morgan fingerprint density at radius 1 is 0.929 bits per heavy atom. The molecule has 0 atom stereocenters. The Hall–Kier alpha value is -2.29. The van der Waals surface area contributed by atoms with Crippen LogP contribution in [0.1, 0.15) is 69.7 Å².